The molecule has 4 nitrogen and oxygen atoms in total. The minimum Gasteiger partial charge on any atom is -0.464 e. The molecule has 0 bridgehead atoms. The fourth-order valence-corrected chi connectivity index (χ4v) is 1.73. The lowest BCUT2D eigenvalue weighted by Crippen LogP contribution is -2.06. The lowest BCUT2D eigenvalue weighted by molar-refractivity contribution is 0.276. The molecule has 0 spiro atoms. The number of hydrogen-bond donors (Lipinski definition) is 1. The molecule has 2 heterocycles. The molecule has 0 saturated heterocycles. The first-order valence-electron chi connectivity index (χ1n) is 4.83. The summed E-state index contributed by atoms with van der Waals surface area (Å²) in [6, 6.07) is 7.00. The molecule has 3 rings (SSSR count). The van der Waals surface area contributed by atoms with Crippen molar-refractivity contribution in [2.45, 2.75) is 6.61 Å². The van der Waals surface area contributed by atoms with Gasteiger partial charge in [0.15, 0.2) is 0 Å². The summed E-state index contributed by atoms with van der Waals surface area (Å²) in [6.07, 6.45) is 1.58. The highest BCUT2D eigenvalue weighted by molar-refractivity contribution is 5.92. The monoisotopic (exact) mass is 216 g/mol. The first kappa shape index (κ1) is 9.18. The van der Waals surface area contributed by atoms with Crippen molar-refractivity contribution in [1.82, 2.24) is 0 Å². The SMILES string of the molecule is O=c1oc2cc3occc3cc2cc1CO. The maximum Gasteiger partial charge on any atom is 0.341 e. The summed E-state index contributed by atoms with van der Waals surface area (Å²) in [6.45, 7) is -0.318. The zero-order chi connectivity index (χ0) is 11.1. The lowest BCUT2D eigenvalue weighted by atomic mass is 10.1. The molecule has 0 aliphatic heterocycles. The Morgan fingerprint density at radius 1 is 1.12 bits per heavy atom. The van der Waals surface area contributed by atoms with Gasteiger partial charge >= 0.3 is 5.63 Å². The molecule has 1 N–H and O–H groups in total. The van der Waals surface area contributed by atoms with Crippen LogP contribution in [-0.2, 0) is 6.61 Å². The molecule has 0 unspecified atom stereocenters. The minimum absolute atomic E-state index is 0.260. The second kappa shape index (κ2) is 3.21. The normalized spacial score (nSPS) is 11.3. The van der Waals surface area contributed by atoms with Gasteiger partial charge in [-0.05, 0) is 18.2 Å². The topological polar surface area (TPSA) is 63.6 Å². The molecule has 0 atom stereocenters. The summed E-state index contributed by atoms with van der Waals surface area (Å²) in [7, 11) is 0. The van der Waals surface area contributed by atoms with Crippen molar-refractivity contribution in [3.8, 4) is 0 Å². The molecule has 0 saturated carbocycles. The van der Waals surface area contributed by atoms with Gasteiger partial charge in [-0.25, -0.2) is 4.79 Å². The van der Waals surface area contributed by atoms with Gasteiger partial charge in [0.25, 0.3) is 0 Å². The molecule has 0 aliphatic rings. The first-order chi connectivity index (χ1) is 7.78. The minimum atomic E-state index is -0.513. The van der Waals surface area contributed by atoms with Crippen LogP contribution in [0.15, 0.2) is 44.2 Å². The Kier molecular flexibility index (Phi) is 1.84. The van der Waals surface area contributed by atoms with E-state index in [4.69, 9.17) is 13.9 Å². The summed E-state index contributed by atoms with van der Waals surface area (Å²) in [5.41, 5.74) is 0.883. The fraction of sp³-hybridized carbons (Fsp3) is 0.0833. The van der Waals surface area contributed by atoms with Gasteiger partial charge in [0.2, 0.25) is 0 Å². The number of rotatable bonds is 1. The molecule has 0 amide bonds. The Morgan fingerprint density at radius 2 is 2.00 bits per heavy atom. The van der Waals surface area contributed by atoms with Crippen molar-refractivity contribution in [3.63, 3.8) is 0 Å². The van der Waals surface area contributed by atoms with Gasteiger partial charge in [-0.15, -0.1) is 0 Å². The van der Waals surface area contributed by atoms with E-state index in [1.54, 1.807) is 18.4 Å². The van der Waals surface area contributed by atoms with E-state index in [1.165, 1.54) is 0 Å². The number of aliphatic hydroxyl groups excluding tert-OH is 1. The van der Waals surface area contributed by atoms with E-state index >= 15 is 0 Å². The van der Waals surface area contributed by atoms with Gasteiger partial charge in [-0.3, -0.25) is 0 Å². The molecule has 0 fully saturated rings. The van der Waals surface area contributed by atoms with Crippen molar-refractivity contribution >= 4 is 21.9 Å². The Balaban J connectivity index is 2.45. The average Bonchev–Trinajstić information content (AvgIpc) is 2.72. The van der Waals surface area contributed by atoms with Crippen LogP contribution in [-0.4, -0.2) is 5.11 Å². The van der Waals surface area contributed by atoms with Gasteiger partial charge in [0.1, 0.15) is 11.2 Å². The molecule has 4 heteroatoms. The number of benzene rings is 1. The van der Waals surface area contributed by atoms with E-state index in [9.17, 15) is 4.79 Å². The Bertz CT molecular complexity index is 721. The van der Waals surface area contributed by atoms with E-state index in [-0.39, 0.29) is 12.2 Å². The highest BCUT2D eigenvalue weighted by Gasteiger charge is 2.06. The number of furan rings is 1. The van der Waals surface area contributed by atoms with Crippen LogP contribution in [0.3, 0.4) is 0 Å². The van der Waals surface area contributed by atoms with Gasteiger partial charge < -0.3 is 13.9 Å². The summed E-state index contributed by atoms with van der Waals surface area (Å²) in [5.74, 6) is 0. The van der Waals surface area contributed by atoms with Gasteiger partial charge in [0.05, 0.1) is 18.4 Å². The summed E-state index contributed by atoms with van der Waals surface area (Å²) in [5, 5.41) is 10.7. The molecular formula is C12H8O4. The maximum atomic E-state index is 11.4. The molecule has 80 valence electrons. The van der Waals surface area contributed by atoms with Crippen LogP contribution in [0.25, 0.3) is 21.9 Å². The molecule has 16 heavy (non-hydrogen) atoms. The predicted molar refractivity (Wildman–Crippen MR) is 58.2 cm³/mol. The van der Waals surface area contributed by atoms with Gasteiger partial charge in [0, 0.05) is 16.8 Å². The second-order valence-electron chi connectivity index (χ2n) is 3.57. The molecule has 0 aliphatic carbocycles. The van der Waals surface area contributed by atoms with E-state index in [0.29, 0.717) is 11.2 Å². The van der Waals surface area contributed by atoms with Gasteiger partial charge in [-0.2, -0.15) is 0 Å². The van der Waals surface area contributed by atoms with Crippen molar-refractivity contribution in [2.75, 3.05) is 0 Å². The van der Waals surface area contributed by atoms with E-state index in [0.717, 1.165) is 10.8 Å². The van der Waals surface area contributed by atoms with Crippen LogP contribution in [0.4, 0.5) is 0 Å². The van der Waals surface area contributed by atoms with Crippen LogP contribution in [0, 0.1) is 0 Å². The number of hydrogen-bond acceptors (Lipinski definition) is 4. The van der Waals surface area contributed by atoms with Crippen LogP contribution in [0.1, 0.15) is 5.56 Å². The van der Waals surface area contributed by atoms with E-state index in [2.05, 4.69) is 0 Å². The molecule has 1 aromatic carbocycles. The van der Waals surface area contributed by atoms with Crippen molar-refractivity contribution in [2.24, 2.45) is 0 Å². The zero-order valence-corrected chi connectivity index (χ0v) is 8.27. The standard InChI is InChI=1S/C12H8O4/c13-6-9-4-8-3-7-1-2-15-10(7)5-11(8)16-12(9)14/h1-5,13H,6H2. The van der Waals surface area contributed by atoms with Crippen LogP contribution < -0.4 is 5.63 Å². The van der Waals surface area contributed by atoms with Crippen LogP contribution in [0.2, 0.25) is 0 Å². The van der Waals surface area contributed by atoms with E-state index in [1.807, 2.05) is 12.1 Å². The third kappa shape index (κ3) is 1.24. The second-order valence-corrected chi connectivity index (χ2v) is 3.57. The third-order valence-corrected chi connectivity index (χ3v) is 2.55. The zero-order valence-electron chi connectivity index (χ0n) is 8.27. The first-order valence-corrected chi connectivity index (χ1v) is 4.83. The summed E-state index contributed by atoms with van der Waals surface area (Å²) in [4.78, 5) is 11.4. The van der Waals surface area contributed by atoms with Gasteiger partial charge in [-0.1, -0.05) is 0 Å². The Morgan fingerprint density at radius 3 is 2.81 bits per heavy atom. The highest BCUT2D eigenvalue weighted by Crippen LogP contribution is 2.23. The van der Waals surface area contributed by atoms with Crippen LogP contribution in [0.5, 0.6) is 0 Å². The average molecular weight is 216 g/mol. The van der Waals surface area contributed by atoms with Crippen molar-refractivity contribution in [1.29, 1.82) is 0 Å². The number of aliphatic hydroxyl groups is 1. The molecular weight excluding hydrogens is 208 g/mol. The summed E-state index contributed by atoms with van der Waals surface area (Å²) < 4.78 is 10.3. The quantitative estimate of drug-likeness (QED) is 0.632. The maximum absolute atomic E-state index is 11.4. The van der Waals surface area contributed by atoms with Crippen LogP contribution >= 0.6 is 0 Å². The lowest BCUT2D eigenvalue weighted by Gasteiger charge is -1.99. The third-order valence-electron chi connectivity index (χ3n) is 2.55. The summed E-state index contributed by atoms with van der Waals surface area (Å²) >= 11 is 0. The Labute approximate surface area is 89.7 Å². The Hall–Kier alpha value is -2.07. The molecule has 0 radical (unpaired) electrons. The predicted octanol–water partition coefficient (Wildman–Crippen LogP) is 2.03. The highest BCUT2D eigenvalue weighted by atomic mass is 16.4. The smallest absolute Gasteiger partial charge is 0.341 e. The molecule has 3 aromatic rings. The van der Waals surface area contributed by atoms with Crippen molar-refractivity contribution in [3.05, 3.63) is 46.5 Å². The fourth-order valence-electron chi connectivity index (χ4n) is 1.73. The number of fused-ring (bicyclic) bond motifs is 2. The van der Waals surface area contributed by atoms with Crippen molar-refractivity contribution < 1.29 is 13.9 Å². The molecule has 2 aromatic heterocycles. The largest absolute Gasteiger partial charge is 0.464 e. The van der Waals surface area contributed by atoms with E-state index < -0.39 is 5.63 Å².